The summed E-state index contributed by atoms with van der Waals surface area (Å²) in [6.45, 7) is 8.33. The van der Waals surface area contributed by atoms with E-state index in [2.05, 4.69) is 14.9 Å². The number of nitrogens with zero attached hydrogens (tertiary/aromatic N) is 4. The van der Waals surface area contributed by atoms with Crippen molar-refractivity contribution in [3.8, 4) is 0 Å². The average Bonchev–Trinajstić information content (AvgIpc) is 3.42. The minimum absolute atomic E-state index is 0.0800. The van der Waals surface area contributed by atoms with Crippen molar-refractivity contribution in [1.29, 1.82) is 0 Å². The van der Waals surface area contributed by atoms with Crippen molar-refractivity contribution in [2.45, 2.75) is 45.1 Å². The SMILES string of the molecule is Cc1nc(C2CC2)nc(C)c1C(=O)N1CC2CN(CC[C@H](N)c3cccc(F)c3)CC2C1. The molecule has 32 heavy (non-hydrogen) atoms. The van der Waals surface area contributed by atoms with E-state index in [0.717, 1.165) is 74.8 Å². The van der Waals surface area contributed by atoms with Gasteiger partial charge in [-0.3, -0.25) is 4.79 Å². The molecule has 2 N–H and O–H groups in total. The minimum Gasteiger partial charge on any atom is -0.338 e. The number of aromatic nitrogens is 2. The van der Waals surface area contributed by atoms with Crippen LogP contribution in [0.15, 0.2) is 24.3 Å². The van der Waals surface area contributed by atoms with Gasteiger partial charge in [-0.05, 0) is 69.2 Å². The summed E-state index contributed by atoms with van der Waals surface area (Å²) in [4.78, 5) is 27.0. The van der Waals surface area contributed by atoms with E-state index >= 15 is 0 Å². The van der Waals surface area contributed by atoms with Crippen molar-refractivity contribution in [3.05, 3.63) is 58.4 Å². The van der Waals surface area contributed by atoms with Crippen LogP contribution in [0, 0.1) is 31.5 Å². The van der Waals surface area contributed by atoms with Gasteiger partial charge in [-0.1, -0.05) is 12.1 Å². The Kier molecular flexibility index (Phi) is 5.72. The van der Waals surface area contributed by atoms with Crippen LogP contribution < -0.4 is 5.73 Å². The Hall–Kier alpha value is -2.38. The van der Waals surface area contributed by atoms with Gasteiger partial charge in [-0.2, -0.15) is 0 Å². The topological polar surface area (TPSA) is 75.4 Å². The summed E-state index contributed by atoms with van der Waals surface area (Å²) < 4.78 is 13.5. The summed E-state index contributed by atoms with van der Waals surface area (Å²) in [6, 6.07) is 6.42. The molecule has 2 aromatic rings. The monoisotopic (exact) mass is 437 g/mol. The fourth-order valence-corrected chi connectivity index (χ4v) is 5.40. The van der Waals surface area contributed by atoms with Crippen molar-refractivity contribution in [1.82, 2.24) is 19.8 Å². The highest BCUT2D eigenvalue weighted by Crippen LogP contribution is 2.39. The van der Waals surface area contributed by atoms with Crippen LogP contribution >= 0.6 is 0 Å². The Bertz CT molecular complexity index is 986. The van der Waals surface area contributed by atoms with Gasteiger partial charge in [0.15, 0.2) is 0 Å². The molecule has 1 aromatic carbocycles. The Balaban J connectivity index is 1.16. The molecule has 5 rings (SSSR count). The zero-order chi connectivity index (χ0) is 22.4. The molecule has 1 saturated carbocycles. The van der Waals surface area contributed by atoms with E-state index in [1.807, 2.05) is 24.8 Å². The second kappa shape index (κ2) is 8.52. The first-order chi connectivity index (χ1) is 15.4. The van der Waals surface area contributed by atoms with Gasteiger partial charge >= 0.3 is 0 Å². The van der Waals surface area contributed by atoms with Gasteiger partial charge in [0.05, 0.1) is 17.0 Å². The molecule has 6 nitrogen and oxygen atoms in total. The third-order valence-corrected chi connectivity index (χ3v) is 7.33. The van der Waals surface area contributed by atoms with Gasteiger partial charge in [-0.15, -0.1) is 0 Å². The van der Waals surface area contributed by atoms with Crippen LogP contribution in [0.1, 0.15) is 64.4 Å². The van der Waals surface area contributed by atoms with Crippen molar-refractivity contribution >= 4 is 5.91 Å². The second-order valence-corrected chi connectivity index (χ2v) is 9.84. The maximum absolute atomic E-state index is 13.5. The van der Waals surface area contributed by atoms with Gasteiger partial charge in [0, 0.05) is 38.1 Å². The van der Waals surface area contributed by atoms with Crippen LogP contribution in [0.3, 0.4) is 0 Å². The molecule has 3 heterocycles. The first kappa shape index (κ1) is 21.5. The van der Waals surface area contributed by atoms with Crippen LogP contribution in [0.25, 0.3) is 0 Å². The highest BCUT2D eigenvalue weighted by atomic mass is 19.1. The molecule has 2 unspecified atom stereocenters. The first-order valence-electron chi connectivity index (χ1n) is 11.8. The number of aryl methyl sites for hydroxylation is 2. The fourth-order valence-electron chi connectivity index (χ4n) is 5.40. The number of rotatable bonds is 6. The van der Waals surface area contributed by atoms with E-state index in [-0.39, 0.29) is 17.8 Å². The quantitative estimate of drug-likeness (QED) is 0.751. The third kappa shape index (κ3) is 4.28. The van der Waals surface area contributed by atoms with Gasteiger partial charge in [0.1, 0.15) is 11.6 Å². The molecule has 2 saturated heterocycles. The molecule has 7 heteroatoms. The lowest BCUT2D eigenvalue weighted by Crippen LogP contribution is -2.35. The number of carbonyl (C=O) groups is 1. The Morgan fingerprint density at radius 3 is 2.38 bits per heavy atom. The first-order valence-corrected chi connectivity index (χ1v) is 11.8. The highest BCUT2D eigenvalue weighted by Gasteiger charge is 2.42. The molecule has 3 fully saturated rings. The summed E-state index contributed by atoms with van der Waals surface area (Å²) >= 11 is 0. The molecule has 3 aliphatic rings. The third-order valence-electron chi connectivity index (χ3n) is 7.33. The Morgan fingerprint density at radius 2 is 1.78 bits per heavy atom. The van der Waals surface area contributed by atoms with Crippen molar-refractivity contribution in [2.24, 2.45) is 17.6 Å². The van der Waals surface area contributed by atoms with Crippen LogP contribution in [0.4, 0.5) is 4.39 Å². The average molecular weight is 438 g/mol. The standard InChI is InChI=1S/C25H32FN5O/c1-15-23(16(2)29-24(28-15)17-6-7-17)25(32)31-13-19-11-30(12-20(19)14-31)9-8-22(27)18-4-3-5-21(26)10-18/h3-5,10,17,19-20,22H,6-9,11-14,27H2,1-2H3/t19?,20?,22-/m0/s1. The van der Waals surface area contributed by atoms with Gasteiger partial charge in [-0.25, -0.2) is 14.4 Å². The number of hydrogen-bond acceptors (Lipinski definition) is 5. The molecule has 1 aromatic heterocycles. The molecule has 0 spiro atoms. The summed E-state index contributed by atoms with van der Waals surface area (Å²) in [5.74, 6) is 2.23. The number of halogens is 1. The van der Waals surface area contributed by atoms with Crippen LogP contribution in [0.2, 0.25) is 0 Å². The molecular formula is C25H32FN5O. The predicted octanol–water partition coefficient (Wildman–Crippen LogP) is 3.20. The van der Waals surface area contributed by atoms with Gasteiger partial charge in [0.25, 0.3) is 5.91 Å². The molecule has 3 atom stereocenters. The number of benzene rings is 1. The molecule has 1 amide bonds. The fraction of sp³-hybridized carbons (Fsp3) is 0.560. The van der Waals surface area contributed by atoms with Crippen LogP contribution in [-0.2, 0) is 0 Å². The van der Waals surface area contributed by atoms with E-state index in [1.165, 1.54) is 12.1 Å². The van der Waals surface area contributed by atoms with E-state index in [1.54, 1.807) is 6.07 Å². The summed E-state index contributed by atoms with van der Waals surface area (Å²) in [5, 5.41) is 0. The van der Waals surface area contributed by atoms with E-state index in [4.69, 9.17) is 5.73 Å². The minimum atomic E-state index is -0.239. The number of carbonyl (C=O) groups excluding carboxylic acids is 1. The summed E-state index contributed by atoms with van der Waals surface area (Å²) in [5.41, 5.74) is 9.45. The van der Waals surface area contributed by atoms with E-state index in [0.29, 0.717) is 23.3 Å². The number of nitrogens with two attached hydrogens (primary N) is 1. The second-order valence-electron chi connectivity index (χ2n) is 9.84. The van der Waals surface area contributed by atoms with Gasteiger partial charge in [0.2, 0.25) is 0 Å². The number of amides is 1. The smallest absolute Gasteiger partial charge is 0.257 e. The zero-order valence-electron chi connectivity index (χ0n) is 18.9. The lowest BCUT2D eigenvalue weighted by Gasteiger charge is -2.23. The number of hydrogen-bond donors (Lipinski definition) is 1. The van der Waals surface area contributed by atoms with Crippen molar-refractivity contribution in [2.75, 3.05) is 32.7 Å². The Morgan fingerprint density at radius 1 is 1.12 bits per heavy atom. The van der Waals surface area contributed by atoms with Crippen LogP contribution in [-0.4, -0.2) is 58.4 Å². The summed E-state index contributed by atoms with van der Waals surface area (Å²) in [7, 11) is 0. The molecule has 170 valence electrons. The zero-order valence-corrected chi connectivity index (χ0v) is 18.9. The maximum atomic E-state index is 13.5. The molecule has 0 radical (unpaired) electrons. The Labute approximate surface area is 189 Å². The lowest BCUT2D eigenvalue weighted by molar-refractivity contribution is 0.0771. The summed E-state index contributed by atoms with van der Waals surface area (Å²) in [6.07, 6.45) is 3.12. The molecule has 0 bridgehead atoms. The maximum Gasteiger partial charge on any atom is 0.257 e. The predicted molar refractivity (Wildman–Crippen MR) is 121 cm³/mol. The number of likely N-dealkylation sites (tertiary alicyclic amines) is 2. The van der Waals surface area contributed by atoms with Crippen molar-refractivity contribution in [3.63, 3.8) is 0 Å². The molecular weight excluding hydrogens is 405 g/mol. The lowest BCUT2D eigenvalue weighted by atomic mass is 10.0. The number of fused-ring (bicyclic) bond motifs is 1. The molecule has 1 aliphatic carbocycles. The van der Waals surface area contributed by atoms with E-state index < -0.39 is 0 Å². The normalized spacial score (nSPS) is 24.1. The molecule has 2 aliphatic heterocycles. The van der Waals surface area contributed by atoms with Crippen LogP contribution in [0.5, 0.6) is 0 Å². The highest BCUT2D eigenvalue weighted by molar-refractivity contribution is 5.96. The van der Waals surface area contributed by atoms with E-state index in [9.17, 15) is 9.18 Å². The van der Waals surface area contributed by atoms with Gasteiger partial charge < -0.3 is 15.5 Å². The van der Waals surface area contributed by atoms with Crippen molar-refractivity contribution < 1.29 is 9.18 Å². The largest absolute Gasteiger partial charge is 0.338 e.